The fraction of sp³-hybridized carbons (Fsp3) is 0.667. The maximum atomic E-state index is 9.52. The summed E-state index contributed by atoms with van der Waals surface area (Å²) in [6.07, 6.45) is 7.83. The van der Waals surface area contributed by atoms with Crippen LogP contribution in [0, 0.1) is 0 Å². The number of fused-ring (bicyclic) bond motifs is 1. The first-order valence-corrected chi connectivity index (χ1v) is 8.27. The van der Waals surface area contributed by atoms with Gasteiger partial charge in [0.2, 0.25) is 0 Å². The number of hydrogen-bond acceptors (Lipinski definition) is 3. The summed E-state index contributed by atoms with van der Waals surface area (Å²) in [6.45, 7) is 3.00. The molecule has 0 spiro atoms. The Morgan fingerprint density at radius 3 is 2.67 bits per heavy atom. The Labute approximate surface area is 128 Å². The van der Waals surface area contributed by atoms with Crippen molar-refractivity contribution in [1.82, 2.24) is 5.32 Å². The predicted octanol–water partition coefficient (Wildman–Crippen LogP) is 3.08. The minimum atomic E-state index is -0.154. The van der Waals surface area contributed by atoms with Gasteiger partial charge in [0.15, 0.2) is 0 Å². The highest BCUT2D eigenvalue weighted by atomic mass is 16.5. The molecule has 0 saturated carbocycles. The van der Waals surface area contributed by atoms with Gasteiger partial charge < -0.3 is 15.2 Å². The van der Waals surface area contributed by atoms with Crippen LogP contribution in [0.5, 0.6) is 5.75 Å². The smallest absolute Gasteiger partial charge is 0.119 e. The van der Waals surface area contributed by atoms with E-state index < -0.39 is 0 Å². The Morgan fingerprint density at radius 2 is 2.00 bits per heavy atom. The number of aliphatic hydroxyl groups is 1. The second kappa shape index (κ2) is 7.81. The molecule has 2 N–H and O–H groups in total. The molecule has 3 heteroatoms. The van der Waals surface area contributed by atoms with E-state index in [9.17, 15) is 5.11 Å². The normalized spacial score (nSPS) is 17.1. The lowest BCUT2D eigenvalue weighted by atomic mass is 9.91. The molecule has 1 aliphatic carbocycles. The molecule has 0 aromatic heterocycles. The summed E-state index contributed by atoms with van der Waals surface area (Å²) < 4.78 is 5.89. The average molecular weight is 291 g/mol. The Hall–Kier alpha value is -1.06. The summed E-state index contributed by atoms with van der Waals surface area (Å²) in [7, 11) is 1.92. The molecule has 1 unspecified atom stereocenters. The molecule has 0 amide bonds. The molecule has 0 saturated heterocycles. The molecule has 0 bridgehead atoms. The van der Waals surface area contributed by atoms with E-state index in [1.54, 1.807) is 0 Å². The molecular formula is C18H29NO2. The van der Waals surface area contributed by atoms with Crippen LogP contribution in [0.4, 0.5) is 0 Å². The standard InChI is InChI=1S/C18H29NO2/c1-3-18(14-20,19-2)11-6-12-21-17-10-9-15-7-4-5-8-16(15)13-17/h9-10,13,19-20H,3-8,11-12,14H2,1-2H3. The van der Waals surface area contributed by atoms with Gasteiger partial charge in [-0.1, -0.05) is 13.0 Å². The van der Waals surface area contributed by atoms with E-state index >= 15 is 0 Å². The zero-order valence-corrected chi connectivity index (χ0v) is 13.5. The van der Waals surface area contributed by atoms with Gasteiger partial charge in [-0.2, -0.15) is 0 Å². The first-order valence-electron chi connectivity index (χ1n) is 8.27. The van der Waals surface area contributed by atoms with Crippen LogP contribution in [-0.4, -0.2) is 30.9 Å². The SMILES string of the molecule is CCC(CO)(CCCOc1ccc2c(c1)CCCC2)NC. The molecule has 0 heterocycles. The molecule has 1 aromatic rings. The Morgan fingerprint density at radius 1 is 1.24 bits per heavy atom. The fourth-order valence-corrected chi connectivity index (χ4v) is 3.15. The molecule has 2 rings (SSSR count). The van der Waals surface area contributed by atoms with Gasteiger partial charge >= 0.3 is 0 Å². The van der Waals surface area contributed by atoms with Crippen LogP contribution < -0.4 is 10.1 Å². The lowest BCUT2D eigenvalue weighted by Gasteiger charge is -2.30. The predicted molar refractivity (Wildman–Crippen MR) is 87.0 cm³/mol. The number of hydrogen-bond donors (Lipinski definition) is 2. The second-order valence-corrected chi connectivity index (χ2v) is 6.13. The third-order valence-electron chi connectivity index (χ3n) is 4.90. The lowest BCUT2D eigenvalue weighted by molar-refractivity contribution is 0.145. The van der Waals surface area contributed by atoms with Gasteiger partial charge in [-0.25, -0.2) is 0 Å². The molecule has 21 heavy (non-hydrogen) atoms. The highest BCUT2D eigenvalue weighted by Gasteiger charge is 2.24. The van der Waals surface area contributed by atoms with Gasteiger partial charge in [0, 0.05) is 5.54 Å². The van der Waals surface area contributed by atoms with Crippen LogP contribution in [0.3, 0.4) is 0 Å². The first kappa shape index (κ1) is 16.3. The van der Waals surface area contributed by atoms with E-state index in [1.165, 1.54) is 36.8 Å². The quantitative estimate of drug-likeness (QED) is 0.723. The number of nitrogens with one attached hydrogen (secondary N) is 1. The van der Waals surface area contributed by atoms with Gasteiger partial charge in [-0.3, -0.25) is 0 Å². The molecule has 3 nitrogen and oxygen atoms in total. The molecule has 118 valence electrons. The summed E-state index contributed by atoms with van der Waals surface area (Å²) in [5.41, 5.74) is 2.81. The van der Waals surface area contributed by atoms with Crippen LogP contribution in [0.2, 0.25) is 0 Å². The van der Waals surface area contributed by atoms with Crippen molar-refractivity contribution in [3.8, 4) is 5.75 Å². The van der Waals surface area contributed by atoms with Crippen molar-refractivity contribution in [3.63, 3.8) is 0 Å². The third kappa shape index (κ3) is 4.21. The Bertz CT molecular complexity index is 433. The molecule has 1 aromatic carbocycles. The van der Waals surface area contributed by atoms with Crippen molar-refractivity contribution in [1.29, 1.82) is 0 Å². The Kier molecular flexibility index (Phi) is 6.07. The van der Waals surface area contributed by atoms with Gasteiger partial charge in [-0.05, 0) is 75.3 Å². The monoisotopic (exact) mass is 291 g/mol. The summed E-state index contributed by atoms with van der Waals surface area (Å²) >= 11 is 0. The van der Waals surface area contributed by atoms with E-state index in [0.29, 0.717) is 6.61 Å². The highest BCUT2D eigenvalue weighted by Crippen LogP contribution is 2.25. The maximum absolute atomic E-state index is 9.52. The summed E-state index contributed by atoms with van der Waals surface area (Å²) in [4.78, 5) is 0. The summed E-state index contributed by atoms with van der Waals surface area (Å²) in [5.74, 6) is 0.992. The van der Waals surface area contributed by atoms with Crippen molar-refractivity contribution in [2.75, 3.05) is 20.3 Å². The van der Waals surface area contributed by atoms with Crippen molar-refractivity contribution in [2.45, 2.75) is 57.4 Å². The van der Waals surface area contributed by atoms with E-state index in [4.69, 9.17) is 4.74 Å². The number of aliphatic hydroxyl groups excluding tert-OH is 1. The lowest BCUT2D eigenvalue weighted by Crippen LogP contribution is -2.46. The van der Waals surface area contributed by atoms with Crippen molar-refractivity contribution in [3.05, 3.63) is 29.3 Å². The minimum Gasteiger partial charge on any atom is -0.494 e. The number of benzene rings is 1. The maximum Gasteiger partial charge on any atom is 0.119 e. The minimum absolute atomic E-state index is 0.154. The Balaban J connectivity index is 1.81. The van der Waals surface area contributed by atoms with Crippen LogP contribution in [0.15, 0.2) is 18.2 Å². The second-order valence-electron chi connectivity index (χ2n) is 6.13. The molecular weight excluding hydrogens is 262 g/mol. The van der Waals surface area contributed by atoms with Crippen LogP contribution >= 0.6 is 0 Å². The van der Waals surface area contributed by atoms with Crippen LogP contribution in [0.25, 0.3) is 0 Å². The molecule has 0 fully saturated rings. The number of likely N-dealkylation sites (N-methyl/N-ethyl adjacent to an activating group) is 1. The third-order valence-corrected chi connectivity index (χ3v) is 4.90. The molecule has 1 aliphatic rings. The van der Waals surface area contributed by atoms with Gasteiger partial charge in [0.05, 0.1) is 13.2 Å². The largest absolute Gasteiger partial charge is 0.494 e. The van der Waals surface area contributed by atoms with E-state index in [2.05, 4.69) is 30.4 Å². The molecule has 1 atom stereocenters. The van der Waals surface area contributed by atoms with Crippen molar-refractivity contribution < 1.29 is 9.84 Å². The fourth-order valence-electron chi connectivity index (χ4n) is 3.15. The average Bonchev–Trinajstić information content (AvgIpc) is 2.55. The zero-order chi connectivity index (χ0) is 15.1. The van der Waals surface area contributed by atoms with Crippen molar-refractivity contribution >= 4 is 0 Å². The van der Waals surface area contributed by atoms with E-state index in [0.717, 1.165) is 25.0 Å². The number of aryl methyl sites for hydroxylation is 2. The summed E-state index contributed by atoms with van der Waals surface area (Å²) in [6, 6.07) is 6.54. The number of ether oxygens (including phenoxy) is 1. The van der Waals surface area contributed by atoms with Gasteiger partial charge in [-0.15, -0.1) is 0 Å². The summed E-state index contributed by atoms with van der Waals surface area (Å²) in [5, 5.41) is 12.8. The van der Waals surface area contributed by atoms with Crippen molar-refractivity contribution in [2.24, 2.45) is 0 Å². The van der Waals surface area contributed by atoms with Crippen LogP contribution in [0.1, 0.15) is 50.2 Å². The highest BCUT2D eigenvalue weighted by molar-refractivity contribution is 5.37. The van der Waals surface area contributed by atoms with E-state index in [-0.39, 0.29) is 12.1 Å². The van der Waals surface area contributed by atoms with Gasteiger partial charge in [0.1, 0.15) is 5.75 Å². The van der Waals surface area contributed by atoms with Crippen LogP contribution in [-0.2, 0) is 12.8 Å². The van der Waals surface area contributed by atoms with Gasteiger partial charge in [0.25, 0.3) is 0 Å². The molecule has 0 aliphatic heterocycles. The molecule has 0 radical (unpaired) electrons. The number of rotatable bonds is 8. The topological polar surface area (TPSA) is 41.5 Å². The zero-order valence-electron chi connectivity index (χ0n) is 13.5. The van der Waals surface area contributed by atoms with E-state index in [1.807, 2.05) is 7.05 Å². The first-order chi connectivity index (χ1) is 10.2.